The second-order valence-corrected chi connectivity index (χ2v) is 5.89. The fourth-order valence-electron chi connectivity index (χ4n) is 1.60. The molecule has 0 spiro atoms. The summed E-state index contributed by atoms with van der Waals surface area (Å²) in [7, 11) is 0. The zero-order valence-corrected chi connectivity index (χ0v) is 16.6. The summed E-state index contributed by atoms with van der Waals surface area (Å²) in [5.41, 5.74) is -3.05. The molecule has 0 amide bonds. The van der Waals surface area contributed by atoms with E-state index in [0.29, 0.717) is 0 Å². The SMILES string of the molecule is [C-]#[N+]C(=C)C(=O)OCC(COC(=C)C=C)(COC(=O)C(=C)C#N)COC(=O)C(=C)[N+]#[C-]. The Morgan fingerprint density at radius 3 is 1.58 bits per heavy atom. The minimum atomic E-state index is -1.52. The molecular formula is C21H19N3O7. The standard InChI is InChI=1S/C21H19N3O7/c1-8-15(3)28-10-21(11-29-18(25)14(2)9-22,12-30-19(26)16(4)23-6)13-31-20(27)17(5)24-7/h8H,1-5,10-13H2. The van der Waals surface area contributed by atoms with E-state index in [1.54, 1.807) is 0 Å². The minimum Gasteiger partial charge on any atom is -0.493 e. The third kappa shape index (κ3) is 8.95. The predicted molar refractivity (Wildman–Crippen MR) is 107 cm³/mol. The number of nitrogens with zero attached hydrogens (tertiary/aromatic N) is 3. The normalized spacial score (nSPS) is 9.45. The summed E-state index contributed by atoms with van der Waals surface area (Å²) in [6.07, 6.45) is 1.27. The number of ether oxygens (including phenoxy) is 4. The smallest absolute Gasteiger partial charge is 0.348 e. The van der Waals surface area contributed by atoms with Crippen LogP contribution in [0.1, 0.15) is 0 Å². The Balaban J connectivity index is 5.83. The molecule has 0 aromatic rings. The molecule has 0 heterocycles. The van der Waals surface area contributed by atoms with Crippen molar-refractivity contribution in [1.29, 1.82) is 5.26 Å². The maximum atomic E-state index is 11.9. The van der Waals surface area contributed by atoms with Crippen LogP contribution in [0.4, 0.5) is 0 Å². The van der Waals surface area contributed by atoms with Crippen LogP contribution in [0, 0.1) is 29.9 Å². The lowest BCUT2D eigenvalue weighted by atomic mass is 9.92. The van der Waals surface area contributed by atoms with Gasteiger partial charge in [0.25, 0.3) is 11.4 Å². The van der Waals surface area contributed by atoms with Crippen LogP contribution in [0.2, 0.25) is 0 Å². The topological polar surface area (TPSA) is 121 Å². The number of rotatable bonds is 13. The fraction of sp³-hybridized carbons (Fsp3) is 0.238. The van der Waals surface area contributed by atoms with Crippen molar-refractivity contribution >= 4 is 17.9 Å². The second kappa shape index (κ2) is 12.8. The summed E-state index contributed by atoms with van der Waals surface area (Å²) in [6.45, 7) is 28.3. The lowest BCUT2D eigenvalue weighted by Crippen LogP contribution is -2.43. The van der Waals surface area contributed by atoms with Gasteiger partial charge in [-0.05, 0) is 6.08 Å². The average molecular weight is 425 g/mol. The van der Waals surface area contributed by atoms with Gasteiger partial charge in [-0.15, -0.1) is 0 Å². The monoisotopic (exact) mass is 425 g/mol. The van der Waals surface area contributed by atoms with Crippen LogP contribution in [0.5, 0.6) is 0 Å². The Hall–Kier alpha value is -4.62. The first-order valence-electron chi connectivity index (χ1n) is 8.23. The van der Waals surface area contributed by atoms with Gasteiger partial charge < -0.3 is 18.9 Å². The van der Waals surface area contributed by atoms with Crippen LogP contribution < -0.4 is 0 Å². The van der Waals surface area contributed by atoms with Crippen molar-refractivity contribution in [2.45, 2.75) is 0 Å². The van der Waals surface area contributed by atoms with Crippen molar-refractivity contribution in [2.24, 2.45) is 5.41 Å². The molecule has 0 N–H and O–H groups in total. The number of hydrogen-bond donors (Lipinski definition) is 0. The van der Waals surface area contributed by atoms with Gasteiger partial charge in [0.15, 0.2) is 0 Å². The molecule has 0 radical (unpaired) electrons. The third-order valence-electron chi connectivity index (χ3n) is 3.44. The molecule has 0 aromatic carbocycles. The van der Waals surface area contributed by atoms with E-state index in [-0.39, 0.29) is 12.4 Å². The van der Waals surface area contributed by atoms with Gasteiger partial charge in [0.05, 0.1) is 13.1 Å². The molecule has 160 valence electrons. The molecular weight excluding hydrogens is 406 g/mol. The summed E-state index contributed by atoms with van der Waals surface area (Å²) in [5.74, 6) is -3.09. The molecule has 0 aliphatic rings. The number of esters is 3. The van der Waals surface area contributed by atoms with Gasteiger partial charge in [0.1, 0.15) is 49.2 Å². The summed E-state index contributed by atoms with van der Waals surface area (Å²) in [4.78, 5) is 41.3. The first-order valence-corrected chi connectivity index (χ1v) is 8.23. The number of allylic oxidation sites excluding steroid dienone is 1. The van der Waals surface area contributed by atoms with E-state index in [2.05, 4.69) is 42.6 Å². The molecule has 31 heavy (non-hydrogen) atoms. The Bertz CT molecular complexity index is 839. The highest BCUT2D eigenvalue weighted by Crippen LogP contribution is 2.24. The molecule has 0 atom stereocenters. The van der Waals surface area contributed by atoms with Crippen LogP contribution in [0.3, 0.4) is 0 Å². The summed E-state index contributed by atoms with van der Waals surface area (Å²) in [5, 5.41) is 8.76. The molecule has 0 saturated carbocycles. The number of hydrogen-bond acceptors (Lipinski definition) is 8. The van der Waals surface area contributed by atoms with Crippen molar-refractivity contribution in [2.75, 3.05) is 26.4 Å². The van der Waals surface area contributed by atoms with Crippen molar-refractivity contribution in [3.05, 3.63) is 84.5 Å². The van der Waals surface area contributed by atoms with Gasteiger partial charge in [-0.2, -0.15) is 5.26 Å². The summed E-state index contributed by atoms with van der Waals surface area (Å²) >= 11 is 0. The Morgan fingerprint density at radius 1 is 0.839 bits per heavy atom. The maximum Gasteiger partial charge on any atom is 0.348 e. The molecule has 10 nitrogen and oxygen atoms in total. The van der Waals surface area contributed by atoms with E-state index in [0.717, 1.165) is 0 Å². The van der Waals surface area contributed by atoms with Crippen molar-refractivity contribution in [3.8, 4) is 6.07 Å². The van der Waals surface area contributed by atoms with Crippen molar-refractivity contribution in [1.82, 2.24) is 0 Å². The lowest BCUT2D eigenvalue weighted by Gasteiger charge is -2.32. The largest absolute Gasteiger partial charge is 0.493 e. The molecule has 0 fully saturated rings. The van der Waals surface area contributed by atoms with Crippen LogP contribution in [-0.2, 0) is 33.3 Å². The third-order valence-corrected chi connectivity index (χ3v) is 3.44. The molecule has 0 aromatic heterocycles. The van der Waals surface area contributed by atoms with E-state index in [1.807, 2.05) is 0 Å². The lowest BCUT2D eigenvalue weighted by molar-refractivity contribution is -0.160. The Kier molecular flexibility index (Phi) is 10.9. The number of carbonyl (C=O) groups excluding carboxylic acids is 3. The fourth-order valence-corrected chi connectivity index (χ4v) is 1.60. The van der Waals surface area contributed by atoms with Crippen LogP contribution in [0.15, 0.2) is 61.7 Å². The first-order chi connectivity index (χ1) is 14.6. The van der Waals surface area contributed by atoms with E-state index in [1.165, 1.54) is 12.1 Å². The molecule has 0 rings (SSSR count). The highest BCUT2D eigenvalue weighted by atomic mass is 16.6. The quantitative estimate of drug-likeness (QED) is 0.0838. The van der Waals surface area contributed by atoms with E-state index in [4.69, 9.17) is 37.4 Å². The zero-order chi connectivity index (χ0) is 24.0. The average Bonchev–Trinajstić information content (AvgIpc) is 2.80. The maximum absolute atomic E-state index is 11.9. The van der Waals surface area contributed by atoms with Crippen LogP contribution in [-0.4, -0.2) is 44.3 Å². The highest BCUT2D eigenvalue weighted by molar-refractivity contribution is 5.92. The van der Waals surface area contributed by atoms with E-state index in [9.17, 15) is 14.4 Å². The second-order valence-electron chi connectivity index (χ2n) is 5.89. The highest BCUT2D eigenvalue weighted by Gasteiger charge is 2.38. The predicted octanol–water partition coefficient (Wildman–Crippen LogP) is 2.26. The van der Waals surface area contributed by atoms with Crippen LogP contribution in [0.25, 0.3) is 9.69 Å². The van der Waals surface area contributed by atoms with Gasteiger partial charge in [0.2, 0.25) is 0 Å². The van der Waals surface area contributed by atoms with Gasteiger partial charge >= 0.3 is 17.9 Å². The van der Waals surface area contributed by atoms with Gasteiger partial charge in [-0.25, -0.2) is 14.5 Å². The van der Waals surface area contributed by atoms with Gasteiger partial charge in [0, 0.05) is 0 Å². The van der Waals surface area contributed by atoms with Gasteiger partial charge in [-0.3, -0.25) is 9.59 Å². The molecule has 0 aliphatic heterocycles. The van der Waals surface area contributed by atoms with Gasteiger partial charge in [-0.1, -0.05) is 32.9 Å². The van der Waals surface area contributed by atoms with E-state index < -0.39 is 60.1 Å². The van der Waals surface area contributed by atoms with E-state index >= 15 is 0 Å². The molecule has 0 saturated heterocycles. The Morgan fingerprint density at radius 2 is 1.23 bits per heavy atom. The number of nitriles is 1. The van der Waals surface area contributed by atoms with Crippen molar-refractivity contribution in [3.63, 3.8) is 0 Å². The molecule has 0 bridgehead atoms. The summed E-state index contributed by atoms with van der Waals surface area (Å²) < 4.78 is 20.4. The molecule has 0 aliphatic carbocycles. The molecule has 10 heteroatoms. The van der Waals surface area contributed by atoms with Crippen LogP contribution >= 0.6 is 0 Å². The first kappa shape index (κ1) is 26.4. The Labute approximate surface area is 179 Å². The minimum absolute atomic E-state index is 0.103. The zero-order valence-electron chi connectivity index (χ0n) is 16.6. The number of carbonyl (C=O) groups is 3. The molecule has 0 unspecified atom stereocenters. The van der Waals surface area contributed by atoms with Crippen molar-refractivity contribution < 1.29 is 33.3 Å². The summed E-state index contributed by atoms with van der Waals surface area (Å²) in [6, 6.07) is 1.52.